The third kappa shape index (κ3) is 4.81. The molecule has 0 saturated heterocycles. The molecule has 0 spiro atoms. The predicted molar refractivity (Wildman–Crippen MR) is 85.5 cm³/mol. The Kier molecular flexibility index (Phi) is 5.42. The van der Waals surface area contributed by atoms with Crippen LogP contribution in [0.2, 0.25) is 0 Å². The minimum absolute atomic E-state index is 0.00498. The van der Waals surface area contributed by atoms with Crippen molar-refractivity contribution in [2.75, 3.05) is 0 Å². The zero-order chi connectivity index (χ0) is 15.9. The van der Waals surface area contributed by atoms with Crippen LogP contribution in [0.3, 0.4) is 0 Å². The molecule has 2 aromatic carbocycles. The second-order valence-electron chi connectivity index (χ2n) is 5.59. The summed E-state index contributed by atoms with van der Waals surface area (Å²) in [5.41, 5.74) is 1.81. The Balaban J connectivity index is 1.81. The molecule has 4 heteroatoms. The molecule has 2 rings (SSSR count). The first-order valence-corrected chi connectivity index (χ1v) is 7.36. The topological polar surface area (TPSA) is 69.6 Å². The van der Waals surface area contributed by atoms with Gasteiger partial charge in [-0.1, -0.05) is 43.3 Å². The molecule has 0 aliphatic heterocycles. The summed E-state index contributed by atoms with van der Waals surface area (Å²) >= 11 is 0. The van der Waals surface area contributed by atoms with Gasteiger partial charge in [-0.3, -0.25) is 4.79 Å². The van der Waals surface area contributed by atoms with Gasteiger partial charge in [0.15, 0.2) is 0 Å². The summed E-state index contributed by atoms with van der Waals surface area (Å²) in [6.45, 7) is 2.49. The van der Waals surface area contributed by atoms with Gasteiger partial charge in [-0.25, -0.2) is 0 Å². The molecule has 1 unspecified atom stereocenters. The van der Waals surface area contributed by atoms with Crippen LogP contribution < -0.4 is 5.32 Å². The Labute approximate surface area is 130 Å². The van der Waals surface area contributed by atoms with Crippen molar-refractivity contribution in [3.8, 4) is 11.5 Å². The Morgan fingerprint density at radius 1 is 1.14 bits per heavy atom. The summed E-state index contributed by atoms with van der Waals surface area (Å²) in [4.78, 5) is 11.9. The number of hydrogen-bond acceptors (Lipinski definition) is 3. The maximum absolute atomic E-state index is 11.9. The number of nitrogens with one attached hydrogen (secondary N) is 1. The summed E-state index contributed by atoms with van der Waals surface area (Å²) in [7, 11) is 0. The van der Waals surface area contributed by atoms with Crippen LogP contribution in [0.4, 0.5) is 0 Å². The molecule has 116 valence electrons. The maximum Gasteiger partial charge on any atom is 0.220 e. The average Bonchev–Trinajstić information content (AvgIpc) is 2.49. The van der Waals surface area contributed by atoms with Gasteiger partial charge >= 0.3 is 0 Å². The van der Waals surface area contributed by atoms with E-state index < -0.39 is 0 Å². The van der Waals surface area contributed by atoms with Crippen molar-refractivity contribution in [2.24, 2.45) is 5.92 Å². The van der Waals surface area contributed by atoms with E-state index in [0.29, 0.717) is 19.4 Å². The van der Waals surface area contributed by atoms with Crippen LogP contribution in [0.5, 0.6) is 11.5 Å². The van der Waals surface area contributed by atoms with Gasteiger partial charge in [0, 0.05) is 19.0 Å². The molecule has 3 N–H and O–H groups in total. The molecule has 0 saturated carbocycles. The molecule has 0 bridgehead atoms. The number of phenolic OH excluding ortho intramolecular Hbond substituents is 2. The van der Waals surface area contributed by atoms with E-state index in [1.54, 1.807) is 6.07 Å². The molecule has 22 heavy (non-hydrogen) atoms. The maximum atomic E-state index is 11.9. The van der Waals surface area contributed by atoms with Crippen molar-refractivity contribution in [2.45, 2.75) is 26.3 Å². The van der Waals surface area contributed by atoms with Gasteiger partial charge in [-0.05, 0) is 29.5 Å². The lowest BCUT2D eigenvalue weighted by atomic mass is 9.97. The monoisotopic (exact) mass is 299 g/mol. The molecule has 0 aliphatic carbocycles. The van der Waals surface area contributed by atoms with Crippen molar-refractivity contribution < 1.29 is 15.0 Å². The molecule has 1 amide bonds. The van der Waals surface area contributed by atoms with E-state index in [0.717, 1.165) is 11.1 Å². The first-order chi connectivity index (χ1) is 10.5. The Morgan fingerprint density at radius 3 is 2.55 bits per heavy atom. The molecule has 0 fully saturated rings. The lowest BCUT2D eigenvalue weighted by molar-refractivity contribution is -0.122. The Morgan fingerprint density at radius 2 is 1.86 bits per heavy atom. The van der Waals surface area contributed by atoms with Crippen LogP contribution in [0.25, 0.3) is 0 Å². The smallest absolute Gasteiger partial charge is 0.220 e. The molecular formula is C18H21NO3. The van der Waals surface area contributed by atoms with E-state index in [9.17, 15) is 15.0 Å². The average molecular weight is 299 g/mol. The highest BCUT2D eigenvalue weighted by Crippen LogP contribution is 2.25. The number of benzene rings is 2. The van der Waals surface area contributed by atoms with E-state index in [1.165, 1.54) is 12.1 Å². The van der Waals surface area contributed by atoms with Gasteiger partial charge in [-0.15, -0.1) is 0 Å². The molecule has 2 aromatic rings. The van der Waals surface area contributed by atoms with Gasteiger partial charge in [0.2, 0.25) is 5.91 Å². The van der Waals surface area contributed by atoms with E-state index >= 15 is 0 Å². The van der Waals surface area contributed by atoms with Crippen molar-refractivity contribution in [3.05, 3.63) is 59.7 Å². The molecule has 1 atom stereocenters. The highest BCUT2D eigenvalue weighted by atomic mass is 16.3. The second-order valence-corrected chi connectivity index (χ2v) is 5.59. The van der Waals surface area contributed by atoms with Crippen LogP contribution in [0.1, 0.15) is 24.5 Å². The molecule has 0 aliphatic rings. The van der Waals surface area contributed by atoms with Gasteiger partial charge in [0.1, 0.15) is 11.5 Å². The van der Waals surface area contributed by atoms with Gasteiger partial charge in [0.25, 0.3) is 0 Å². The molecular weight excluding hydrogens is 278 g/mol. The summed E-state index contributed by atoms with van der Waals surface area (Å²) in [6.07, 6.45) is 0.984. The number of hydrogen-bond donors (Lipinski definition) is 3. The molecule has 4 nitrogen and oxygen atoms in total. The summed E-state index contributed by atoms with van der Waals surface area (Å²) < 4.78 is 0. The van der Waals surface area contributed by atoms with Crippen LogP contribution >= 0.6 is 0 Å². The van der Waals surface area contributed by atoms with Crippen molar-refractivity contribution in [3.63, 3.8) is 0 Å². The molecule has 0 aromatic heterocycles. The minimum atomic E-state index is -0.00498. The number of carbonyl (C=O) groups is 1. The summed E-state index contributed by atoms with van der Waals surface area (Å²) in [5.74, 6) is 0.201. The Bertz CT molecular complexity index is 625. The van der Waals surface area contributed by atoms with Gasteiger partial charge < -0.3 is 15.5 Å². The summed E-state index contributed by atoms with van der Waals surface area (Å²) in [6, 6.07) is 14.3. The fourth-order valence-electron chi connectivity index (χ4n) is 2.36. The fraction of sp³-hybridized carbons (Fsp3) is 0.278. The van der Waals surface area contributed by atoms with E-state index in [-0.39, 0.29) is 23.3 Å². The van der Waals surface area contributed by atoms with Crippen LogP contribution in [-0.4, -0.2) is 16.1 Å². The summed E-state index contributed by atoms with van der Waals surface area (Å²) in [5, 5.41) is 21.9. The van der Waals surface area contributed by atoms with E-state index in [1.807, 2.05) is 37.3 Å². The lowest BCUT2D eigenvalue weighted by Crippen LogP contribution is -2.25. The van der Waals surface area contributed by atoms with E-state index in [4.69, 9.17) is 0 Å². The third-order valence-electron chi connectivity index (χ3n) is 3.50. The van der Waals surface area contributed by atoms with Gasteiger partial charge in [-0.2, -0.15) is 0 Å². The second kappa shape index (κ2) is 7.50. The largest absolute Gasteiger partial charge is 0.508 e. The number of amides is 1. The van der Waals surface area contributed by atoms with E-state index in [2.05, 4.69) is 5.32 Å². The molecule has 0 heterocycles. The number of aromatic hydroxyl groups is 2. The quantitative estimate of drug-likeness (QED) is 0.768. The number of phenols is 2. The fourth-order valence-corrected chi connectivity index (χ4v) is 2.36. The zero-order valence-electron chi connectivity index (χ0n) is 12.6. The first-order valence-electron chi connectivity index (χ1n) is 7.36. The third-order valence-corrected chi connectivity index (χ3v) is 3.50. The van der Waals surface area contributed by atoms with Crippen LogP contribution in [0, 0.1) is 5.92 Å². The lowest BCUT2D eigenvalue weighted by Gasteiger charge is -2.13. The van der Waals surface area contributed by atoms with Gasteiger partial charge in [0.05, 0.1) is 0 Å². The highest BCUT2D eigenvalue weighted by Gasteiger charge is 2.12. The van der Waals surface area contributed by atoms with Crippen molar-refractivity contribution in [1.29, 1.82) is 0 Å². The number of carbonyl (C=O) groups excluding carboxylic acids is 1. The minimum Gasteiger partial charge on any atom is -0.508 e. The van der Waals surface area contributed by atoms with Crippen LogP contribution in [-0.2, 0) is 17.8 Å². The zero-order valence-corrected chi connectivity index (χ0v) is 12.6. The number of rotatable bonds is 6. The predicted octanol–water partition coefficient (Wildman–Crippen LogP) is 2.98. The normalized spacial score (nSPS) is 11.9. The standard InChI is InChI=1S/C18H21NO3/c1-13(9-15-7-8-16(20)11-17(15)21)10-18(22)19-12-14-5-3-2-4-6-14/h2-8,11,13,20-21H,9-10,12H2,1H3,(H,19,22). The molecule has 0 radical (unpaired) electrons. The van der Waals surface area contributed by atoms with Crippen molar-refractivity contribution >= 4 is 5.91 Å². The van der Waals surface area contributed by atoms with Crippen LogP contribution in [0.15, 0.2) is 48.5 Å². The first kappa shape index (κ1) is 15.9. The highest BCUT2D eigenvalue weighted by molar-refractivity contribution is 5.76. The Hall–Kier alpha value is -2.49. The SMILES string of the molecule is CC(CC(=O)NCc1ccccc1)Cc1ccc(O)cc1O. The van der Waals surface area contributed by atoms with Crippen molar-refractivity contribution in [1.82, 2.24) is 5.32 Å².